The number of fused-ring (bicyclic) bond motifs is 2. The molecule has 0 saturated heterocycles. The van der Waals surface area contributed by atoms with Crippen molar-refractivity contribution >= 4 is 89.0 Å². The second-order valence-corrected chi connectivity index (χ2v) is 29.2. The van der Waals surface area contributed by atoms with E-state index in [2.05, 4.69) is 110 Å². The predicted octanol–water partition coefficient (Wildman–Crippen LogP) is 26.9. The fourth-order valence-electron chi connectivity index (χ4n) is 11.6. The molecule has 0 aliphatic heterocycles. The van der Waals surface area contributed by atoms with E-state index < -0.39 is 0 Å². The van der Waals surface area contributed by atoms with Gasteiger partial charge < -0.3 is 0 Å². The van der Waals surface area contributed by atoms with E-state index in [1.54, 1.807) is 51.2 Å². The summed E-state index contributed by atoms with van der Waals surface area (Å²) in [6.07, 6.45) is 65.9. The molecule has 5 aromatic rings. The molecule has 4 heterocycles. The molecular formula is C68H110S6. The number of thioether (sulfide) groups is 2. The molecule has 0 saturated carbocycles. The van der Waals surface area contributed by atoms with Crippen LogP contribution in [0, 0.1) is 0 Å². The maximum atomic E-state index is 2.72. The van der Waals surface area contributed by atoms with Gasteiger partial charge in [-0.25, -0.2) is 0 Å². The maximum Gasteiger partial charge on any atom is 0.0608 e. The molecular weight excluding hydrogens is 1010 g/mol. The number of hydrogen-bond acceptors (Lipinski definition) is 6. The van der Waals surface area contributed by atoms with Crippen LogP contribution in [-0.4, -0.2) is 12.5 Å². The van der Waals surface area contributed by atoms with Crippen molar-refractivity contribution in [2.24, 2.45) is 0 Å². The average molecular weight is 1120 g/mol. The van der Waals surface area contributed by atoms with Crippen molar-refractivity contribution in [1.82, 2.24) is 0 Å². The summed E-state index contributed by atoms with van der Waals surface area (Å²) in [5.41, 5.74) is 6.47. The maximum absolute atomic E-state index is 2.72. The first kappa shape index (κ1) is 64.1. The van der Waals surface area contributed by atoms with E-state index in [9.17, 15) is 0 Å². The summed E-state index contributed by atoms with van der Waals surface area (Å²) in [5, 5.41) is 3.05. The lowest BCUT2D eigenvalue weighted by molar-refractivity contribution is 0.554. The lowest BCUT2D eigenvalue weighted by Gasteiger charge is -2.09. The highest BCUT2D eigenvalue weighted by atomic mass is 32.2. The van der Waals surface area contributed by atoms with Gasteiger partial charge in [-0.3, -0.25) is 0 Å². The van der Waals surface area contributed by atoms with Crippen LogP contribution >= 0.6 is 68.9 Å². The summed E-state index contributed by atoms with van der Waals surface area (Å²) in [6, 6.07) is 10.6. The van der Waals surface area contributed by atoms with Crippen molar-refractivity contribution in [2.45, 2.75) is 319 Å². The lowest BCUT2D eigenvalue weighted by Crippen LogP contribution is -1.91. The van der Waals surface area contributed by atoms with Gasteiger partial charge in [0.05, 0.1) is 8.42 Å². The zero-order chi connectivity index (χ0) is 52.3. The van der Waals surface area contributed by atoms with Crippen molar-refractivity contribution in [3.05, 3.63) is 45.1 Å². The first-order chi connectivity index (χ1) is 36.6. The molecule has 1 aromatic carbocycles. The Morgan fingerprint density at radius 2 is 0.527 bits per heavy atom. The molecule has 74 heavy (non-hydrogen) atoms. The van der Waals surface area contributed by atoms with Crippen molar-refractivity contribution in [3.8, 4) is 20.9 Å². The molecule has 0 fully saturated rings. The highest BCUT2D eigenvalue weighted by molar-refractivity contribution is 8.00. The summed E-state index contributed by atoms with van der Waals surface area (Å²) < 4.78 is 6.01. The molecule has 0 bridgehead atoms. The van der Waals surface area contributed by atoms with Crippen LogP contribution in [0.5, 0.6) is 0 Å². The second-order valence-electron chi connectivity index (χ2n) is 22.6. The van der Waals surface area contributed by atoms with Gasteiger partial charge in [0.1, 0.15) is 0 Å². The SMILES string of the molecule is CCCCCCCCCCCCc1cc(-c2c3cc(SC)sc3c(-c3cc(CCCCCCCCCCCC)c(CCCCCCCCCCCC)s3)c3cc(SC)sc23)sc1CCCCCCCCCCCC. The number of aryl methyl sites for hydroxylation is 4. The quantitative estimate of drug-likeness (QED) is 0.0281. The summed E-state index contributed by atoms with van der Waals surface area (Å²) >= 11 is 12.5. The molecule has 0 spiro atoms. The van der Waals surface area contributed by atoms with E-state index in [-0.39, 0.29) is 0 Å². The molecule has 5 rings (SSSR count). The van der Waals surface area contributed by atoms with Gasteiger partial charge in [-0.1, -0.05) is 259 Å². The largest absolute Gasteiger partial charge is 0.140 e. The van der Waals surface area contributed by atoms with Crippen LogP contribution in [0.15, 0.2) is 32.7 Å². The van der Waals surface area contributed by atoms with Crippen molar-refractivity contribution in [2.75, 3.05) is 12.5 Å². The van der Waals surface area contributed by atoms with Crippen molar-refractivity contribution in [1.29, 1.82) is 0 Å². The van der Waals surface area contributed by atoms with Crippen LogP contribution in [-0.2, 0) is 25.7 Å². The van der Waals surface area contributed by atoms with E-state index in [1.807, 2.05) is 23.5 Å². The highest BCUT2D eigenvalue weighted by Crippen LogP contribution is 2.54. The minimum atomic E-state index is 1.25. The van der Waals surface area contributed by atoms with Crippen LogP contribution in [0.25, 0.3) is 41.1 Å². The van der Waals surface area contributed by atoms with Gasteiger partial charge in [-0.2, -0.15) is 0 Å². The smallest absolute Gasteiger partial charge is 0.0608 e. The van der Waals surface area contributed by atoms with E-state index in [0.717, 1.165) is 0 Å². The molecule has 4 aromatic heterocycles. The Labute approximate surface area is 482 Å². The Kier molecular flexibility index (Phi) is 35.0. The third-order valence-electron chi connectivity index (χ3n) is 16.2. The highest BCUT2D eigenvalue weighted by Gasteiger charge is 2.25. The van der Waals surface area contributed by atoms with Gasteiger partial charge in [-0.15, -0.1) is 68.9 Å². The summed E-state index contributed by atoms with van der Waals surface area (Å²) in [6.45, 7) is 9.32. The molecule has 0 unspecified atom stereocenters. The Balaban J connectivity index is 1.40. The molecule has 418 valence electrons. The van der Waals surface area contributed by atoms with Crippen LogP contribution in [0.4, 0.5) is 0 Å². The number of rotatable bonds is 48. The third kappa shape index (κ3) is 23.1. The standard InChI is InChI=1S/C68H110S6/c1-7-11-15-19-23-27-31-35-39-43-47-55-51-61(71-59(55)49-45-41-37-33-29-25-21-17-13-9-3)65-57-53-63(69-5)74-68(57)66(58-54-64(70-6)73-67(58)65)62-52-56(48-44-40-36-32-28-24-20-16-12-8-2)60(72-62)50-46-42-38-34-30-26-22-18-14-10-4/h51-54H,7-50H2,1-6H3. The topological polar surface area (TPSA) is 0 Å². The summed E-state index contributed by atoms with van der Waals surface area (Å²) in [5.74, 6) is 0. The average Bonchev–Trinajstić information content (AvgIpc) is 4.23. The van der Waals surface area contributed by atoms with Crippen molar-refractivity contribution < 1.29 is 0 Å². The summed E-state index contributed by atoms with van der Waals surface area (Å²) in [4.78, 5) is 6.50. The van der Waals surface area contributed by atoms with Gasteiger partial charge in [0.25, 0.3) is 0 Å². The lowest BCUT2D eigenvalue weighted by atomic mass is 9.97. The van der Waals surface area contributed by atoms with Crippen LogP contribution in [0.2, 0.25) is 0 Å². The Morgan fingerprint density at radius 3 is 0.784 bits per heavy atom. The van der Waals surface area contributed by atoms with Crippen molar-refractivity contribution in [3.63, 3.8) is 0 Å². The third-order valence-corrected chi connectivity index (χ3v) is 23.2. The number of unbranched alkanes of at least 4 members (excludes halogenated alkanes) is 36. The van der Waals surface area contributed by atoms with Crippen LogP contribution in [0.3, 0.4) is 0 Å². The van der Waals surface area contributed by atoms with Gasteiger partial charge in [0.15, 0.2) is 0 Å². The van der Waals surface area contributed by atoms with Crippen LogP contribution in [0.1, 0.15) is 305 Å². The molecule has 0 nitrogen and oxygen atoms in total. The second kappa shape index (κ2) is 40.4. The molecule has 0 aliphatic rings. The minimum absolute atomic E-state index is 1.25. The monoisotopic (exact) mass is 1120 g/mol. The summed E-state index contributed by atoms with van der Waals surface area (Å²) in [7, 11) is 0. The first-order valence-electron chi connectivity index (χ1n) is 31.9. The fraction of sp³-hybridized carbons (Fsp3) is 0.735. The minimum Gasteiger partial charge on any atom is -0.140 e. The number of hydrogen-bond donors (Lipinski definition) is 0. The van der Waals surface area contributed by atoms with Gasteiger partial charge >= 0.3 is 0 Å². The molecule has 6 heteroatoms. The molecule has 0 radical (unpaired) electrons. The predicted molar refractivity (Wildman–Crippen MR) is 350 cm³/mol. The zero-order valence-corrected chi connectivity index (χ0v) is 53.8. The Hall–Kier alpha value is -0.760. The molecule has 0 atom stereocenters. The normalized spacial score (nSPS) is 12.0. The van der Waals surface area contributed by atoms with Gasteiger partial charge in [0.2, 0.25) is 0 Å². The molecule has 0 N–H and O–H groups in total. The first-order valence-corrected chi connectivity index (χ1v) is 37.6. The van der Waals surface area contributed by atoms with E-state index in [4.69, 9.17) is 0 Å². The number of thiophene rings is 4. The van der Waals surface area contributed by atoms with E-state index >= 15 is 0 Å². The molecule has 0 amide bonds. The van der Waals surface area contributed by atoms with Gasteiger partial charge in [0, 0.05) is 50.8 Å². The van der Waals surface area contributed by atoms with E-state index in [1.165, 1.54) is 302 Å². The number of benzene rings is 1. The van der Waals surface area contributed by atoms with E-state index in [0.29, 0.717) is 0 Å². The molecule has 0 aliphatic carbocycles. The fourth-order valence-corrected chi connectivity index (χ4v) is 17.9. The van der Waals surface area contributed by atoms with Gasteiger partial charge in [-0.05, 0) is 99.3 Å². The Bertz CT molecular complexity index is 1870. The zero-order valence-electron chi connectivity index (χ0n) is 48.9. The Morgan fingerprint density at radius 1 is 0.284 bits per heavy atom. The van der Waals surface area contributed by atoms with Crippen LogP contribution < -0.4 is 0 Å².